The zero-order valence-electron chi connectivity index (χ0n) is 17.7. The molecule has 3 amide bonds. The Morgan fingerprint density at radius 2 is 1.86 bits per heavy atom. The van der Waals surface area contributed by atoms with E-state index in [1.807, 2.05) is 52.1 Å². The Kier molecular flexibility index (Phi) is 17.0. The molecule has 28 heavy (non-hydrogen) atoms. The average Bonchev–Trinajstić information content (AvgIpc) is 3.18. The molecule has 0 radical (unpaired) electrons. The van der Waals surface area contributed by atoms with Crippen molar-refractivity contribution in [3.05, 3.63) is 35.0 Å². The number of nitrogens with two attached hydrogens (primary N) is 2. The number of allylic oxidation sites excluding steroid dienone is 1. The molecular weight excluding hydrogens is 376 g/mol. The van der Waals surface area contributed by atoms with Gasteiger partial charge in [0.2, 0.25) is 17.7 Å². The van der Waals surface area contributed by atoms with E-state index in [1.54, 1.807) is 6.08 Å². The summed E-state index contributed by atoms with van der Waals surface area (Å²) in [7, 11) is 0. The van der Waals surface area contributed by atoms with Crippen molar-refractivity contribution in [2.75, 3.05) is 6.54 Å². The molecular formula is C20H36N4O3S. The monoisotopic (exact) mass is 412 g/mol. The Bertz CT molecular complexity index is 576. The number of nitrogens with one attached hydrogen (secondary N) is 2. The van der Waals surface area contributed by atoms with E-state index in [4.69, 9.17) is 11.5 Å². The lowest BCUT2D eigenvalue weighted by molar-refractivity contribution is -0.131. The van der Waals surface area contributed by atoms with Crippen molar-refractivity contribution < 1.29 is 14.4 Å². The molecule has 0 fully saturated rings. The van der Waals surface area contributed by atoms with Crippen LogP contribution in [0.15, 0.2) is 30.2 Å². The number of carbonyl (C=O) groups excluding carboxylic acids is 3. The van der Waals surface area contributed by atoms with Crippen molar-refractivity contribution >= 4 is 29.1 Å². The van der Waals surface area contributed by atoms with Crippen LogP contribution in [0.3, 0.4) is 0 Å². The van der Waals surface area contributed by atoms with Gasteiger partial charge in [-0.2, -0.15) is 0 Å². The highest BCUT2D eigenvalue weighted by atomic mass is 32.1. The zero-order chi connectivity index (χ0) is 22.1. The fourth-order valence-corrected chi connectivity index (χ4v) is 2.75. The molecule has 1 aromatic rings. The first-order valence-corrected chi connectivity index (χ1v) is 10.4. The fourth-order valence-electron chi connectivity index (χ4n) is 1.98. The van der Waals surface area contributed by atoms with Gasteiger partial charge in [-0.15, -0.1) is 17.9 Å². The van der Waals surface area contributed by atoms with Gasteiger partial charge < -0.3 is 22.1 Å². The SMILES string of the molecule is C=CC.CC.CCC(C)C(NC(=O)C(N)Cc1cccs1)C(=O)NCC(N)=O. The summed E-state index contributed by atoms with van der Waals surface area (Å²) < 4.78 is 0. The van der Waals surface area contributed by atoms with Gasteiger partial charge in [-0.05, 0) is 24.3 Å². The van der Waals surface area contributed by atoms with Gasteiger partial charge in [-0.1, -0.05) is 46.3 Å². The van der Waals surface area contributed by atoms with E-state index in [-0.39, 0.29) is 12.5 Å². The lowest BCUT2D eigenvalue weighted by atomic mass is 9.97. The predicted molar refractivity (Wildman–Crippen MR) is 117 cm³/mol. The highest BCUT2D eigenvalue weighted by molar-refractivity contribution is 7.09. The molecule has 0 saturated heterocycles. The van der Waals surface area contributed by atoms with Crippen LogP contribution in [-0.4, -0.2) is 36.3 Å². The van der Waals surface area contributed by atoms with E-state index in [0.717, 1.165) is 4.88 Å². The summed E-state index contributed by atoms with van der Waals surface area (Å²) in [6, 6.07) is 2.32. The van der Waals surface area contributed by atoms with Crippen molar-refractivity contribution in [1.82, 2.24) is 10.6 Å². The van der Waals surface area contributed by atoms with Crippen molar-refractivity contribution in [1.29, 1.82) is 0 Å². The predicted octanol–water partition coefficient (Wildman–Crippen LogP) is 1.97. The Morgan fingerprint density at radius 3 is 2.29 bits per heavy atom. The molecule has 0 aliphatic carbocycles. The lowest BCUT2D eigenvalue weighted by Gasteiger charge is -2.24. The van der Waals surface area contributed by atoms with Gasteiger partial charge in [-0.25, -0.2) is 0 Å². The molecule has 0 aliphatic heterocycles. The quantitative estimate of drug-likeness (QED) is 0.462. The second kappa shape index (κ2) is 16.9. The van der Waals surface area contributed by atoms with Gasteiger partial charge in [0.1, 0.15) is 6.04 Å². The van der Waals surface area contributed by atoms with Gasteiger partial charge in [0.05, 0.1) is 12.6 Å². The van der Waals surface area contributed by atoms with Gasteiger partial charge >= 0.3 is 0 Å². The molecule has 0 aromatic carbocycles. The van der Waals surface area contributed by atoms with Gasteiger partial charge in [0, 0.05) is 11.3 Å². The topological polar surface area (TPSA) is 127 Å². The van der Waals surface area contributed by atoms with Crippen LogP contribution in [0.2, 0.25) is 0 Å². The molecule has 7 nitrogen and oxygen atoms in total. The molecule has 0 saturated carbocycles. The summed E-state index contributed by atoms with van der Waals surface area (Å²) in [5, 5.41) is 7.02. The zero-order valence-corrected chi connectivity index (χ0v) is 18.5. The largest absolute Gasteiger partial charge is 0.368 e. The number of rotatable bonds is 9. The summed E-state index contributed by atoms with van der Waals surface area (Å²) in [5.41, 5.74) is 10.9. The van der Waals surface area contributed by atoms with E-state index in [0.29, 0.717) is 12.8 Å². The first kappa shape index (κ1) is 28.0. The third-order valence-corrected chi connectivity index (χ3v) is 4.47. The van der Waals surface area contributed by atoms with Crippen LogP contribution in [-0.2, 0) is 20.8 Å². The van der Waals surface area contributed by atoms with Crippen molar-refractivity contribution in [3.8, 4) is 0 Å². The van der Waals surface area contributed by atoms with Crippen LogP contribution in [0.25, 0.3) is 0 Å². The smallest absolute Gasteiger partial charge is 0.243 e. The molecule has 3 atom stereocenters. The second-order valence-electron chi connectivity index (χ2n) is 5.85. The number of thiophene rings is 1. The maximum absolute atomic E-state index is 12.2. The molecule has 1 rings (SSSR count). The van der Waals surface area contributed by atoms with Crippen LogP contribution in [0.5, 0.6) is 0 Å². The molecule has 0 bridgehead atoms. The van der Waals surface area contributed by atoms with E-state index in [2.05, 4.69) is 17.2 Å². The van der Waals surface area contributed by atoms with Crippen molar-refractivity contribution in [2.24, 2.45) is 17.4 Å². The minimum Gasteiger partial charge on any atom is -0.368 e. The van der Waals surface area contributed by atoms with Crippen LogP contribution in [0.1, 0.15) is 45.9 Å². The molecule has 1 aromatic heterocycles. The fraction of sp³-hybridized carbons (Fsp3) is 0.550. The van der Waals surface area contributed by atoms with Crippen molar-refractivity contribution in [3.63, 3.8) is 0 Å². The summed E-state index contributed by atoms with van der Waals surface area (Å²) >= 11 is 1.53. The highest BCUT2D eigenvalue weighted by Gasteiger charge is 2.28. The van der Waals surface area contributed by atoms with Gasteiger partial charge in [0.15, 0.2) is 0 Å². The summed E-state index contributed by atoms with van der Waals surface area (Å²) in [4.78, 5) is 36.2. The Morgan fingerprint density at radius 1 is 1.29 bits per heavy atom. The van der Waals surface area contributed by atoms with Crippen LogP contribution in [0.4, 0.5) is 0 Å². The van der Waals surface area contributed by atoms with Crippen LogP contribution < -0.4 is 22.1 Å². The normalized spacial score (nSPS) is 12.6. The third kappa shape index (κ3) is 12.2. The molecule has 6 N–H and O–H groups in total. The molecule has 1 heterocycles. The number of primary amides is 1. The second-order valence-corrected chi connectivity index (χ2v) is 6.89. The number of amides is 3. The van der Waals surface area contributed by atoms with E-state index < -0.39 is 29.8 Å². The highest BCUT2D eigenvalue weighted by Crippen LogP contribution is 2.12. The molecule has 3 unspecified atom stereocenters. The number of carbonyl (C=O) groups is 3. The lowest BCUT2D eigenvalue weighted by Crippen LogP contribution is -2.55. The number of hydrogen-bond donors (Lipinski definition) is 4. The molecule has 160 valence electrons. The van der Waals surface area contributed by atoms with E-state index in [9.17, 15) is 14.4 Å². The van der Waals surface area contributed by atoms with Gasteiger partial charge in [-0.3, -0.25) is 14.4 Å². The average molecular weight is 413 g/mol. The van der Waals surface area contributed by atoms with E-state index in [1.165, 1.54) is 11.3 Å². The summed E-state index contributed by atoms with van der Waals surface area (Å²) in [5.74, 6) is -1.56. The Labute approximate surface area is 172 Å². The van der Waals surface area contributed by atoms with Gasteiger partial charge in [0.25, 0.3) is 0 Å². The van der Waals surface area contributed by atoms with Crippen LogP contribution >= 0.6 is 11.3 Å². The first-order chi connectivity index (χ1) is 13.3. The standard InChI is InChI=1S/C15H24N4O3S.C3H6.C2H6/c1-3-9(2)13(15(22)18-8-12(17)20)19-14(21)11(16)7-10-5-4-6-23-10;1-3-2;1-2/h4-6,9,11,13H,3,7-8,16H2,1-2H3,(H2,17,20)(H,18,22)(H,19,21);3H,1H2,2H3;1-2H3. The van der Waals surface area contributed by atoms with E-state index >= 15 is 0 Å². The Balaban J connectivity index is 0. The maximum atomic E-state index is 12.2. The third-order valence-electron chi connectivity index (χ3n) is 3.57. The summed E-state index contributed by atoms with van der Waals surface area (Å²) in [6.45, 7) is 12.7. The maximum Gasteiger partial charge on any atom is 0.243 e. The minimum absolute atomic E-state index is 0.0965. The molecule has 0 aliphatic rings. The van der Waals surface area contributed by atoms with Crippen LogP contribution in [0, 0.1) is 5.92 Å². The molecule has 0 spiro atoms. The summed E-state index contributed by atoms with van der Waals surface area (Å²) in [6.07, 6.45) is 2.86. The Hall–Kier alpha value is -2.19. The minimum atomic E-state index is -0.749. The molecule has 8 heteroatoms. The van der Waals surface area contributed by atoms with Crippen molar-refractivity contribution in [2.45, 2.75) is 59.5 Å². The number of hydrogen-bond acceptors (Lipinski definition) is 5. The first-order valence-electron chi connectivity index (χ1n) is 9.48.